The molecule has 3 aliphatic heterocycles. The maximum Gasteiger partial charge on any atom is 0.0123 e. The zero-order valence-electron chi connectivity index (χ0n) is 6.16. The topological polar surface area (TPSA) is 29.3 Å². The number of hydrogen-bond acceptors (Lipinski definition) is 2. The van der Waals surface area contributed by atoms with Crippen molar-refractivity contribution in [3.05, 3.63) is 0 Å². The van der Waals surface area contributed by atoms with Crippen LogP contribution in [0.5, 0.6) is 0 Å². The van der Waals surface area contributed by atoms with E-state index in [0.29, 0.717) is 6.04 Å². The van der Waals surface area contributed by atoms with Crippen molar-refractivity contribution in [2.24, 2.45) is 23.5 Å². The van der Waals surface area contributed by atoms with Crippen molar-refractivity contribution in [3.8, 4) is 0 Å². The second kappa shape index (κ2) is 1.56. The van der Waals surface area contributed by atoms with Crippen LogP contribution in [0.1, 0.15) is 6.42 Å². The standard InChI is InChI=1S/C8H14N2/c9-8-6-1-5-2-10(3-6)4-7(5)8/h5-8H,1-4,9H2/t5-,6+,7-,8+/m0/s1. The van der Waals surface area contributed by atoms with E-state index in [0.717, 1.165) is 17.8 Å². The van der Waals surface area contributed by atoms with Crippen molar-refractivity contribution < 1.29 is 0 Å². The molecule has 1 unspecified atom stereocenters. The molecule has 0 amide bonds. The molecular weight excluding hydrogens is 124 g/mol. The van der Waals surface area contributed by atoms with Crippen molar-refractivity contribution in [1.29, 1.82) is 0 Å². The molecule has 4 fully saturated rings. The molecule has 0 aromatic heterocycles. The lowest BCUT2D eigenvalue weighted by Crippen LogP contribution is -2.45. The van der Waals surface area contributed by atoms with Crippen LogP contribution >= 0.6 is 0 Å². The molecule has 3 heterocycles. The van der Waals surface area contributed by atoms with Crippen molar-refractivity contribution in [2.45, 2.75) is 12.5 Å². The number of nitrogens with two attached hydrogens (primary N) is 1. The third-order valence-corrected chi connectivity index (χ3v) is 3.70. The molecule has 4 rings (SSSR count). The summed E-state index contributed by atoms with van der Waals surface area (Å²) < 4.78 is 0. The summed E-state index contributed by atoms with van der Waals surface area (Å²) in [7, 11) is 0. The van der Waals surface area contributed by atoms with Crippen LogP contribution in [-0.4, -0.2) is 30.6 Å². The lowest BCUT2D eigenvalue weighted by Gasteiger charge is -2.32. The molecule has 0 aromatic rings. The van der Waals surface area contributed by atoms with Gasteiger partial charge in [-0.3, -0.25) is 0 Å². The summed E-state index contributed by atoms with van der Waals surface area (Å²) in [4.78, 5) is 2.59. The highest BCUT2D eigenvalue weighted by atomic mass is 15.2. The number of piperidine rings is 2. The van der Waals surface area contributed by atoms with E-state index in [1.165, 1.54) is 26.1 Å². The maximum atomic E-state index is 6.07. The molecule has 0 radical (unpaired) electrons. The minimum atomic E-state index is 0.559. The molecular formula is C8H14N2. The molecule has 0 aromatic carbocycles. The largest absolute Gasteiger partial charge is 0.327 e. The Morgan fingerprint density at radius 2 is 1.90 bits per heavy atom. The van der Waals surface area contributed by atoms with Gasteiger partial charge in [0.25, 0.3) is 0 Å². The molecule has 1 aliphatic carbocycles. The fraction of sp³-hybridized carbons (Fsp3) is 1.00. The van der Waals surface area contributed by atoms with Gasteiger partial charge in [-0.1, -0.05) is 0 Å². The minimum Gasteiger partial charge on any atom is -0.327 e. The van der Waals surface area contributed by atoms with E-state index in [2.05, 4.69) is 4.90 Å². The van der Waals surface area contributed by atoms with Crippen LogP contribution in [0.15, 0.2) is 0 Å². The van der Waals surface area contributed by atoms with Crippen molar-refractivity contribution in [2.75, 3.05) is 19.6 Å². The van der Waals surface area contributed by atoms with Crippen LogP contribution in [0.4, 0.5) is 0 Å². The third kappa shape index (κ3) is 0.487. The Balaban J connectivity index is 1.99. The van der Waals surface area contributed by atoms with Crippen LogP contribution in [0.25, 0.3) is 0 Å². The van der Waals surface area contributed by atoms with E-state index in [1.54, 1.807) is 0 Å². The summed E-state index contributed by atoms with van der Waals surface area (Å²) in [5.74, 6) is 2.71. The zero-order valence-corrected chi connectivity index (χ0v) is 6.16. The van der Waals surface area contributed by atoms with Crippen LogP contribution in [0.2, 0.25) is 0 Å². The number of hydrogen-bond donors (Lipinski definition) is 1. The average Bonchev–Trinajstić information content (AvgIpc) is 2.31. The summed E-state index contributed by atoms with van der Waals surface area (Å²) in [5.41, 5.74) is 6.07. The zero-order chi connectivity index (χ0) is 6.72. The van der Waals surface area contributed by atoms with Gasteiger partial charge in [-0.15, -0.1) is 0 Å². The first-order valence-electron chi connectivity index (χ1n) is 4.32. The van der Waals surface area contributed by atoms with Gasteiger partial charge in [0.15, 0.2) is 0 Å². The van der Waals surface area contributed by atoms with Gasteiger partial charge in [0, 0.05) is 25.7 Å². The molecule has 3 saturated heterocycles. The van der Waals surface area contributed by atoms with Gasteiger partial charge >= 0.3 is 0 Å². The Morgan fingerprint density at radius 3 is 2.60 bits per heavy atom. The van der Waals surface area contributed by atoms with Crippen molar-refractivity contribution in [1.82, 2.24) is 4.90 Å². The predicted molar refractivity (Wildman–Crippen MR) is 39.5 cm³/mol. The van der Waals surface area contributed by atoms with Gasteiger partial charge in [-0.05, 0) is 24.2 Å². The van der Waals surface area contributed by atoms with Crippen LogP contribution in [0, 0.1) is 17.8 Å². The highest BCUT2D eigenvalue weighted by molar-refractivity contribution is 5.05. The maximum absolute atomic E-state index is 6.07. The lowest BCUT2D eigenvalue weighted by molar-refractivity contribution is 0.179. The Bertz CT molecular complexity index is 163. The first kappa shape index (κ1) is 5.56. The molecule has 4 bridgehead atoms. The van der Waals surface area contributed by atoms with E-state index in [9.17, 15) is 0 Å². The Kier molecular flexibility index (Phi) is 0.868. The molecule has 2 heteroatoms. The Hall–Kier alpha value is -0.0800. The molecule has 2 nitrogen and oxygen atoms in total. The normalized spacial score (nSPS) is 63.9. The quantitative estimate of drug-likeness (QED) is 0.506. The summed E-state index contributed by atoms with van der Waals surface area (Å²) in [5, 5.41) is 0. The molecule has 4 aliphatic rings. The van der Waals surface area contributed by atoms with Crippen molar-refractivity contribution in [3.63, 3.8) is 0 Å². The molecule has 1 saturated carbocycles. The third-order valence-electron chi connectivity index (χ3n) is 3.70. The molecule has 56 valence electrons. The Labute approximate surface area is 61.4 Å². The molecule has 5 atom stereocenters. The van der Waals surface area contributed by atoms with Crippen molar-refractivity contribution >= 4 is 0 Å². The van der Waals surface area contributed by atoms with Crippen LogP contribution < -0.4 is 5.73 Å². The van der Waals surface area contributed by atoms with Crippen LogP contribution in [0.3, 0.4) is 0 Å². The molecule has 10 heavy (non-hydrogen) atoms. The van der Waals surface area contributed by atoms with Gasteiger partial charge in [0.05, 0.1) is 0 Å². The van der Waals surface area contributed by atoms with E-state index in [1.807, 2.05) is 0 Å². The average molecular weight is 138 g/mol. The lowest BCUT2D eigenvalue weighted by atomic mass is 9.95. The first-order valence-corrected chi connectivity index (χ1v) is 4.32. The van der Waals surface area contributed by atoms with E-state index < -0.39 is 0 Å². The summed E-state index contributed by atoms with van der Waals surface area (Å²) in [6.45, 7) is 3.96. The fourth-order valence-corrected chi connectivity index (χ4v) is 3.25. The van der Waals surface area contributed by atoms with Gasteiger partial charge < -0.3 is 10.6 Å². The summed E-state index contributed by atoms with van der Waals surface area (Å²) >= 11 is 0. The molecule has 0 spiro atoms. The van der Waals surface area contributed by atoms with Gasteiger partial charge in [0.2, 0.25) is 0 Å². The Morgan fingerprint density at radius 1 is 1.10 bits per heavy atom. The summed E-state index contributed by atoms with van der Waals surface area (Å²) in [6.07, 6.45) is 1.43. The van der Waals surface area contributed by atoms with Crippen LogP contribution in [-0.2, 0) is 0 Å². The van der Waals surface area contributed by atoms with E-state index in [4.69, 9.17) is 5.73 Å². The minimum absolute atomic E-state index is 0.559. The van der Waals surface area contributed by atoms with E-state index >= 15 is 0 Å². The van der Waals surface area contributed by atoms with Gasteiger partial charge in [-0.25, -0.2) is 0 Å². The fourth-order valence-electron chi connectivity index (χ4n) is 3.25. The second-order valence-electron chi connectivity index (χ2n) is 4.22. The second-order valence-corrected chi connectivity index (χ2v) is 4.22. The predicted octanol–water partition coefficient (Wildman–Crippen LogP) is -0.105. The summed E-state index contributed by atoms with van der Waals surface area (Å²) in [6, 6.07) is 0.559. The number of rotatable bonds is 0. The SMILES string of the molecule is N[C@@H]1[C@@H]2C[C@H]3CN(C2)C[C@@H]31. The van der Waals surface area contributed by atoms with Gasteiger partial charge in [-0.2, -0.15) is 0 Å². The van der Waals surface area contributed by atoms with Gasteiger partial charge in [0.1, 0.15) is 0 Å². The monoisotopic (exact) mass is 138 g/mol. The first-order chi connectivity index (χ1) is 4.84. The highest BCUT2D eigenvalue weighted by Crippen LogP contribution is 2.45. The highest BCUT2D eigenvalue weighted by Gasteiger charge is 2.51. The molecule has 2 N–H and O–H groups in total. The number of nitrogens with zero attached hydrogens (tertiary/aromatic N) is 1. The van der Waals surface area contributed by atoms with E-state index in [-0.39, 0.29) is 0 Å². The smallest absolute Gasteiger partial charge is 0.0123 e.